The van der Waals surface area contributed by atoms with Crippen molar-refractivity contribution in [1.29, 1.82) is 0 Å². The zero-order valence-electron chi connectivity index (χ0n) is 14.7. The van der Waals surface area contributed by atoms with Gasteiger partial charge in [0.1, 0.15) is 11.6 Å². The summed E-state index contributed by atoms with van der Waals surface area (Å²) in [6.45, 7) is 9.20. The predicted molar refractivity (Wildman–Crippen MR) is 85.7 cm³/mol. The number of hydrogen-bond donors (Lipinski definition) is 2. The number of aliphatic carboxylic acids is 1. The van der Waals surface area contributed by atoms with Gasteiger partial charge in [0.2, 0.25) is 5.91 Å². The van der Waals surface area contributed by atoms with Gasteiger partial charge < -0.3 is 15.2 Å². The van der Waals surface area contributed by atoms with E-state index < -0.39 is 29.5 Å². The molecule has 6 heteroatoms. The van der Waals surface area contributed by atoms with Crippen LogP contribution in [0.1, 0.15) is 60.3 Å². The highest BCUT2D eigenvalue weighted by atomic mass is 16.6. The lowest BCUT2D eigenvalue weighted by Gasteiger charge is -2.28. The van der Waals surface area contributed by atoms with Gasteiger partial charge in [-0.2, -0.15) is 0 Å². The number of rotatable bonds is 6. The van der Waals surface area contributed by atoms with Gasteiger partial charge in [0, 0.05) is 5.92 Å². The van der Waals surface area contributed by atoms with Gasteiger partial charge in [-0.25, -0.2) is 4.79 Å². The largest absolute Gasteiger partial charge is 0.481 e. The smallest absolute Gasteiger partial charge is 0.329 e. The molecular weight excluding hydrogens is 298 g/mol. The van der Waals surface area contributed by atoms with Gasteiger partial charge in [0.05, 0.1) is 5.92 Å². The molecule has 0 aromatic carbocycles. The quantitative estimate of drug-likeness (QED) is 0.731. The van der Waals surface area contributed by atoms with Crippen molar-refractivity contribution in [2.75, 3.05) is 0 Å². The third-order valence-electron chi connectivity index (χ3n) is 4.32. The Hall–Kier alpha value is -1.59. The normalized spacial score (nSPS) is 23.9. The van der Waals surface area contributed by atoms with Crippen LogP contribution in [0.5, 0.6) is 0 Å². The Balaban J connectivity index is 2.72. The van der Waals surface area contributed by atoms with Crippen LogP contribution in [0.25, 0.3) is 0 Å². The summed E-state index contributed by atoms with van der Waals surface area (Å²) < 4.78 is 5.40. The molecule has 0 saturated heterocycles. The zero-order chi connectivity index (χ0) is 17.8. The maximum Gasteiger partial charge on any atom is 0.329 e. The van der Waals surface area contributed by atoms with Crippen molar-refractivity contribution in [2.24, 2.45) is 17.8 Å². The minimum Gasteiger partial charge on any atom is -0.481 e. The van der Waals surface area contributed by atoms with Crippen molar-refractivity contribution < 1.29 is 24.2 Å². The lowest BCUT2D eigenvalue weighted by Crippen LogP contribution is -2.49. The van der Waals surface area contributed by atoms with E-state index in [-0.39, 0.29) is 17.7 Å². The van der Waals surface area contributed by atoms with Gasteiger partial charge in [-0.1, -0.05) is 20.3 Å². The SMILES string of the molecule is CC[C@H](C)[C@H](NC(=O)[C@@H]1CC[C@H](C(=O)O)C1)C(=O)OC(C)(C)C. The van der Waals surface area contributed by atoms with Crippen LogP contribution in [0.4, 0.5) is 0 Å². The summed E-state index contributed by atoms with van der Waals surface area (Å²) in [4.78, 5) is 35.8. The highest BCUT2D eigenvalue weighted by Gasteiger charge is 2.37. The summed E-state index contributed by atoms with van der Waals surface area (Å²) in [5.74, 6) is -2.39. The fourth-order valence-corrected chi connectivity index (χ4v) is 2.75. The Morgan fingerprint density at radius 2 is 1.78 bits per heavy atom. The fourth-order valence-electron chi connectivity index (χ4n) is 2.75. The molecule has 1 fully saturated rings. The molecule has 0 aliphatic heterocycles. The molecule has 0 radical (unpaired) electrons. The zero-order valence-corrected chi connectivity index (χ0v) is 14.7. The average Bonchev–Trinajstić information content (AvgIpc) is 2.91. The van der Waals surface area contributed by atoms with Gasteiger partial charge in [-0.3, -0.25) is 9.59 Å². The van der Waals surface area contributed by atoms with Crippen LogP contribution in [-0.2, 0) is 19.1 Å². The van der Waals surface area contributed by atoms with E-state index >= 15 is 0 Å². The van der Waals surface area contributed by atoms with Crippen LogP contribution in [0, 0.1) is 17.8 Å². The number of nitrogens with one attached hydrogen (secondary N) is 1. The van der Waals surface area contributed by atoms with E-state index in [1.807, 2.05) is 13.8 Å². The van der Waals surface area contributed by atoms with E-state index in [0.29, 0.717) is 19.3 Å². The van der Waals surface area contributed by atoms with Crippen LogP contribution < -0.4 is 5.32 Å². The number of carbonyl (C=O) groups is 3. The third-order valence-corrected chi connectivity index (χ3v) is 4.32. The number of carbonyl (C=O) groups excluding carboxylic acids is 2. The van der Waals surface area contributed by atoms with E-state index in [1.165, 1.54) is 0 Å². The summed E-state index contributed by atoms with van der Waals surface area (Å²) in [6, 6.07) is -0.699. The molecule has 2 N–H and O–H groups in total. The number of carboxylic acids is 1. The maximum absolute atomic E-state index is 12.4. The second-order valence-electron chi connectivity index (χ2n) is 7.45. The van der Waals surface area contributed by atoms with Gasteiger partial charge in [-0.15, -0.1) is 0 Å². The molecule has 4 atom stereocenters. The number of hydrogen-bond acceptors (Lipinski definition) is 4. The molecule has 132 valence electrons. The Morgan fingerprint density at radius 3 is 2.22 bits per heavy atom. The highest BCUT2D eigenvalue weighted by Crippen LogP contribution is 2.31. The Bertz CT molecular complexity index is 454. The van der Waals surface area contributed by atoms with Crippen LogP contribution in [0.3, 0.4) is 0 Å². The van der Waals surface area contributed by atoms with Crippen molar-refractivity contribution in [1.82, 2.24) is 5.32 Å². The van der Waals surface area contributed by atoms with Crippen LogP contribution in [0.2, 0.25) is 0 Å². The average molecular weight is 327 g/mol. The molecule has 1 rings (SSSR count). The number of amides is 1. The first-order valence-corrected chi connectivity index (χ1v) is 8.31. The van der Waals surface area contributed by atoms with Gasteiger partial charge >= 0.3 is 11.9 Å². The first kappa shape index (κ1) is 19.5. The summed E-state index contributed by atoms with van der Waals surface area (Å²) in [7, 11) is 0. The minimum absolute atomic E-state index is 0.0505. The van der Waals surface area contributed by atoms with E-state index in [2.05, 4.69) is 5.32 Å². The summed E-state index contributed by atoms with van der Waals surface area (Å²) >= 11 is 0. The third kappa shape index (κ3) is 5.84. The van der Waals surface area contributed by atoms with Crippen molar-refractivity contribution in [3.8, 4) is 0 Å². The lowest BCUT2D eigenvalue weighted by molar-refractivity contribution is -0.160. The molecule has 1 saturated carbocycles. The van der Waals surface area contributed by atoms with E-state index in [0.717, 1.165) is 6.42 Å². The molecule has 0 unspecified atom stereocenters. The van der Waals surface area contributed by atoms with Crippen molar-refractivity contribution in [3.63, 3.8) is 0 Å². The van der Waals surface area contributed by atoms with Crippen molar-refractivity contribution in [3.05, 3.63) is 0 Å². The maximum atomic E-state index is 12.4. The fraction of sp³-hybridized carbons (Fsp3) is 0.824. The van der Waals surface area contributed by atoms with Crippen LogP contribution in [0.15, 0.2) is 0 Å². The molecule has 23 heavy (non-hydrogen) atoms. The first-order valence-electron chi connectivity index (χ1n) is 8.31. The second-order valence-corrected chi connectivity index (χ2v) is 7.45. The van der Waals surface area contributed by atoms with Gasteiger partial charge in [0.25, 0.3) is 0 Å². The summed E-state index contributed by atoms with van der Waals surface area (Å²) in [5.41, 5.74) is -0.616. The van der Waals surface area contributed by atoms with Gasteiger partial charge in [0.15, 0.2) is 0 Å². The molecule has 1 aliphatic rings. The summed E-state index contributed by atoms with van der Waals surface area (Å²) in [5, 5.41) is 11.8. The second kappa shape index (κ2) is 7.79. The van der Waals surface area contributed by atoms with Crippen molar-refractivity contribution >= 4 is 17.8 Å². The molecule has 6 nitrogen and oxygen atoms in total. The molecule has 1 aliphatic carbocycles. The van der Waals surface area contributed by atoms with Crippen molar-refractivity contribution in [2.45, 2.75) is 71.9 Å². The minimum atomic E-state index is -0.856. The van der Waals surface area contributed by atoms with E-state index in [1.54, 1.807) is 20.8 Å². The van der Waals surface area contributed by atoms with E-state index in [9.17, 15) is 14.4 Å². The van der Waals surface area contributed by atoms with Gasteiger partial charge in [-0.05, 0) is 46.0 Å². The lowest BCUT2D eigenvalue weighted by atomic mass is 9.97. The first-order chi connectivity index (χ1) is 10.5. The standard InChI is InChI=1S/C17H29NO5/c1-6-10(2)13(16(22)23-17(3,4)5)18-14(19)11-7-8-12(9-11)15(20)21/h10-13H,6-9H2,1-5H3,(H,18,19)(H,20,21)/t10-,11+,12-,13-/m0/s1. The Kier molecular flexibility index (Phi) is 6.59. The topological polar surface area (TPSA) is 92.7 Å². The molecule has 0 heterocycles. The number of esters is 1. The molecule has 1 amide bonds. The number of ether oxygens (including phenoxy) is 1. The van der Waals surface area contributed by atoms with Crippen LogP contribution >= 0.6 is 0 Å². The van der Waals surface area contributed by atoms with Crippen LogP contribution in [-0.4, -0.2) is 34.6 Å². The Morgan fingerprint density at radius 1 is 1.22 bits per heavy atom. The molecule has 0 bridgehead atoms. The monoisotopic (exact) mass is 327 g/mol. The molecule has 0 aromatic rings. The van der Waals surface area contributed by atoms with E-state index in [4.69, 9.17) is 9.84 Å². The molecular formula is C17H29NO5. The Labute approximate surface area is 138 Å². The molecule has 0 aromatic heterocycles. The number of carboxylic acid groups (broad SMARTS) is 1. The predicted octanol–water partition coefficient (Wildman–Crippen LogP) is 2.36. The summed E-state index contributed by atoms with van der Waals surface area (Å²) in [6.07, 6.45) is 2.12. The molecule has 0 spiro atoms. The highest BCUT2D eigenvalue weighted by molar-refractivity contribution is 5.87.